The SMILES string of the molecule is Cc1ccc([C@H]2NC(=O)N(c3cccc(C(F)(F)F)c3)C3=C2C(=O)N(CCCN(C)CCCN2CC4=C(C2=O)[C@@H](c2ccc(C)cc2)NC(=O)N4c2cccc(C(F)(F)F)c2)C3)cc1. The molecule has 0 spiro atoms. The Balaban J connectivity index is 0.927. The van der Waals surface area contributed by atoms with Crippen molar-refractivity contribution in [3.8, 4) is 0 Å². The van der Waals surface area contributed by atoms with Crippen LogP contribution in [-0.2, 0) is 21.9 Å². The molecule has 0 saturated carbocycles. The van der Waals surface area contributed by atoms with Gasteiger partial charge in [-0.3, -0.25) is 19.4 Å². The standard InChI is InChI=1S/C47H45F6N7O4/c1-28-12-16-30(17-13-28)40-38-36(59(44(63)54-40)34-10-4-8-32(24-34)46(48,49)50)26-57(42(38)61)22-6-20-56(3)21-7-23-58-27-37-39(43(58)62)41(31-18-14-29(2)15-19-31)55-45(64)60(37)35-11-5-9-33(25-35)47(51,52)53/h4-5,8-19,24-25,40-41H,6-7,20-23,26-27H2,1-3H3,(H,54,63)(H,55,64)/t40-,41-/m1/s1. The van der Waals surface area contributed by atoms with Gasteiger partial charge < -0.3 is 25.3 Å². The summed E-state index contributed by atoms with van der Waals surface area (Å²) in [5.74, 6) is -0.666. The van der Waals surface area contributed by atoms with Crippen LogP contribution in [0.4, 0.5) is 47.3 Å². The fourth-order valence-electron chi connectivity index (χ4n) is 8.73. The van der Waals surface area contributed by atoms with E-state index in [2.05, 4.69) is 10.6 Å². The highest BCUT2D eigenvalue weighted by molar-refractivity contribution is 6.08. The smallest absolute Gasteiger partial charge is 0.333 e. The van der Waals surface area contributed by atoms with E-state index in [-0.39, 0.29) is 60.5 Å². The zero-order valence-electron chi connectivity index (χ0n) is 35.2. The Morgan fingerprint density at radius 1 is 0.578 bits per heavy atom. The van der Waals surface area contributed by atoms with Crippen LogP contribution >= 0.6 is 0 Å². The van der Waals surface area contributed by atoms with Crippen molar-refractivity contribution in [2.24, 2.45) is 0 Å². The second-order valence-corrected chi connectivity index (χ2v) is 16.5. The van der Waals surface area contributed by atoms with Crippen molar-refractivity contribution in [2.75, 3.05) is 56.1 Å². The molecule has 4 aliphatic rings. The van der Waals surface area contributed by atoms with Gasteiger partial charge in [-0.15, -0.1) is 0 Å². The number of carbonyl (C=O) groups excluding carboxylic acids is 4. The van der Waals surface area contributed by atoms with Crippen molar-refractivity contribution in [3.63, 3.8) is 0 Å². The van der Waals surface area contributed by atoms with Gasteiger partial charge >= 0.3 is 24.4 Å². The van der Waals surface area contributed by atoms with E-state index < -0.39 is 47.6 Å². The van der Waals surface area contributed by atoms with Crippen molar-refractivity contribution in [2.45, 2.75) is 51.1 Å². The van der Waals surface area contributed by atoms with E-state index in [1.54, 1.807) is 9.80 Å². The summed E-state index contributed by atoms with van der Waals surface area (Å²) < 4.78 is 82.4. The fourth-order valence-corrected chi connectivity index (χ4v) is 8.73. The molecule has 17 heteroatoms. The zero-order chi connectivity index (χ0) is 45.7. The number of amides is 6. The van der Waals surface area contributed by atoms with Crippen LogP contribution in [0, 0.1) is 13.8 Å². The van der Waals surface area contributed by atoms with Gasteiger partial charge in [0.1, 0.15) is 0 Å². The lowest BCUT2D eigenvalue weighted by Gasteiger charge is -2.34. The lowest BCUT2D eigenvalue weighted by molar-refractivity contribution is -0.138. The van der Waals surface area contributed by atoms with Crippen molar-refractivity contribution in [3.05, 3.63) is 153 Å². The number of aryl methyl sites for hydroxylation is 2. The Bertz CT molecular complexity index is 2380. The summed E-state index contributed by atoms with van der Waals surface area (Å²) in [7, 11) is 1.89. The number of hydrogen-bond acceptors (Lipinski definition) is 5. The van der Waals surface area contributed by atoms with E-state index in [4.69, 9.17) is 0 Å². The molecule has 0 radical (unpaired) electrons. The number of nitrogens with one attached hydrogen (secondary N) is 2. The highest BCUT2D eigenvalue weighted by atomic mass is 19.4. The maximum atomic E-state index is 14.1. The van der Waals surface area contributed by atoms with Crippen LogP contribution in [-0.4, -0.2) is 84.9 Å². The molecule has 0 fully saturated rings. The molecule has 8 rings (SSSR count). The predicted octanol–water partition coefficient (Wildman–Crippen LogP) is 8.49. The van der Waals surface area contributed by atoms with E-state index in [9.17, 15) is 45.5 Å². The number of rotatable bonds is 12. The average Bonchev–Trinajstić information content (AvgIpc) is 3.75. The van der Waals surface area contributed by atoms with E-state index in [1.807, 2.05) is 74.3 Å². The fraction of sp³-hybridized carbons (Fsp3) is 0.319. The molecule has 4 aliphatic heterocycles. The molecule has 6 amide bonds. The summed E-state index contributed by atoms with van der Waals surface area (Å²) in [5, 5.41) is 5.70. The van der Waals surface area contributed by atoms with Crippen LogP contribution in [0.25, 0.3) is 0 Å². The number of urea groups is 2. The van der Waals surface area contributed by atoms with E-state index in [0.29, 0.717) is 48.5 Å². The van der Waals surface area contributed by atoms with Crippen LogP contribution in [0.2, 0.25) is 0 Å². The number of benzene rings is 4. The number of carbonyl (C=O) groups is 4. The lowest BCUT2D eigenvalue weighted by atomic mass is 9.94. The van der Waals surface area contributed by atoms with Crippen LogP contribution in [0.3, 0.4) is 0 Å². The molecule has 4 aromatic rings. The molecular formula is C47H45F6N7O4. The number of alkyl halides is 6. The minimum absolute atomic E-state index is 0.0110. The Hall–Kier alpha value is -6.62. The summed E-state index contributed by atoms with van der Waals surface area (Å²) in [6.07, 6.45) is -8.26. The minimum atomic E-state index is -4.65. The van der Waals surface area contributed by atoms with Gasteiger partial charge in [0.2, 0.25) is 0 Å². The van der Waals surface area contributed by atoms with Gasteiger partial charge in [0.15, 0.2) is 0 Å². The molecule has 11 nitrogen and oxygen atoms in total. The molecule has 64 heavy (non-hydrogen) atoms. The van der Waals surface area contributed by atoms with E-state index >= 15 is 0 Å². The van der Waals surface area contributed by atoms with Gasteiger partial charge in [0, 0.05) is 13.1 Å². The Morgan fingerprint density at radius 2 is 0.953 bits per heavy atom. The van der Waals surface area contributed by atoms with Gasteiger partial charge in [-0.2, -0.15) is 26.3 Å². The normalized spacial score (nSPS) is 19.2. The highest BCUT2D eigenvalue weighted by Gasteiger charge is 2.47. The van der Waals surface area contributed by atoms with Crippen LogP contribution in [0.15, 0.2) is 120 Å². The van der Waals surface area contributed by atoms with Crippen LogP contribution < -0.4 is 20.4 Å². The lowest BCUT2D eigenvalue weighted by Crippen LogP contribution is -2.47. The first-order chi connectivity index (χ1) is 30.4. The molecular weight excluding hydrogens is 841 g/mol. The molecule has 0 saturated heterocycles. The number of nitrogens with zero attached hydrogens (tertiary/aromatic N) is 5. The minimum Gasteiger partial charge on any atom is -0.333 e. The van der Waals surface area contributed by atoms with Gasteiger partial charge in [-0.05, 0) is 94.4 Å². The quantitative estimate of drug-likeness (QED) is 0.139. The van der Waals surface area contributed by atoms with E-state index in [1.165, 1.54) is 24.3 Å². The molecule has 0 bridgehead atoms. The van der Waals surface area contributed by atoms with Crippen molar-refractivity contribution in [1.82, 2.24) is 25.3 Å². The second kappa shape index (κ2) is 17.2. The van der Waals surface area contributed by atoms with Gasteiger partial charge in [-0.25, -0.2) is 9.59 Å². The second-order valence-electron chi connectivity index (χ2n) is 16.5. The third kappa shape index (κ3) is 8.68. The first-order valence-corrected chi connectivity index (χ1v) is 20.8. The van der Waals surface area contributed by atoms with Crippen molar-refractivity contribution >= 4 is 35.3 Å². The summed E-state index contributed by atoms with van der Waals surface area (Å²) in [4.78, 5) is 63.1. The topological polar surface area (TPSA) is 109 Å². The zero-order valence-corrected chi connectivity index (χ0v) is 35.2. The molecule has 2 atom stereocenters. The average molecular weight is 886 g/mol. The Kier molecular flexibility index (Phi) is 11.8. The van der Waals surface area contributed by atoms with Crippen LogP contribution in [0.1, 0.15) is 58.3 Å². The summed E-state index contributed by atoms with van der Waals surface area (Å²) in [6, 6.07) is 20.6. The summed E-state index contributed by atoms with van der Waals surface area (Å²) in [6.45, 7) is 5.47. The van der Waals surface area contributed by atoms with Crippen molar-refractivity contribution < 1.29 is 45.5 Å². The van der Waals surface area contributed by atoms with Gasteiger partial charge in [-0.1, -0.05) is 71.8 Å². The third-order valence-corrected chi connectivity index (χ3v) is 12.0. The molecule has 2 N–H and O–H groups in total. The van der Waals surface area contributed by atoms with Gasteiger partial charge in [0.05, 0.1) is 70.2 Å². The third-order valence-electron chi connectivity index (χ3n) is 12.0. The molecule has 0 aromatic heterocycles. The number of halogens is 6. The van der Waals surface area contributed by atoms with E-state index in [0.717, 1.165) is 45.2 Å². The maximum Gasteiger partial charge on any atom is 0.416 e. The number of anilines is 2. The first-order valence-electron chi connectivity index (χ1n) is 20.8. The molecule has 334 valence electrons. The van der Waals surface area contributed by atoms with Gasteiger partial charge in [0.25, 0.3) is 11.8 Å². The molecule has 0 unspecified atom stereocenters. The summed E-state index contributed by atoms with van der Waals surface area (Å²) in [5.41, 5.74) is 2.58. The molecule has 4 aromatic carbocycles. The first kappa shape index (κ1) is 44.0. The summed E-state index contributed by atoms with van der Waals surface area (Å²) >= 11 is 0. The van der Waals surface area contributed by atoms with Crippen molar-refractivity contribution in [1.29, 1.82) is 0 Å². The predicted molar refractivity (Wildman–Crippen MR) is 227 cm³/mol. The largest absolute Gasteiger partial charge is 0.416 e. The van der Waals surface area contributed by atoms with Crippen LogP contribution in [0.5, 0.6) is 0 Å². The molecule has 0 aliphatic carbocycles. The monoisotopic (exact) mass is 885 g/mol. The molecule has 4 heterocycles. The Labute approximate surface area is 365 Å². The Morgan fingerprint density at radius 3 is 1.31 bits per heavy atom. The highest BCUT2D eigenvalue weighted by Crippen LogP contribution is 2.42. The number of hydrogen-bond donors (Lipinski definition) is 2. The maximum absolute atomic E-state index is 14.1.